The van der Waals surface area contributed by atoms with Gasteiger partial charge in [0.05, 0.1) is 5.69 Å². The number of aromatic nitrogens is 2. The number of nitrogen functional groups attached to an aromatic ring is 1. The first-order valence-corrected chi connectivity index (χ1v) is 11.5. The van der Waals surface area contributed by atoms with Crippen LogP contribution in [-0.2, 0) is 0 Å². The van der Waals surface area contributed by atoms with Crippen LogP contribution in [0.2, 0.25) is 0 Å². The van der Waals surface area contributed by atoms with Gasteiger partial charge < -0.3 is 15.5 Å². The number of hydrogen-bond donors (Lipinski definition) is 1. The number of hydrogen-bond acceptors (Lipinski definition) is 9. The molecule has 9 heteroatoms. The standard InChI is InChI=1S/C20H27N7S2/c1-5-26(6-2)19-22-15(16-17(21)23-20(28-16)27(7-3)8-4)18(29-19)25-24-14-12-10-9-11-13-14/h9-13H,5-8,21H2,1-4H3. The van der Waals surface area contributed by atoms with E-state index in [4.69, 9.17) is 10.7 Å². The van der Waals surface area contributed by atoms with Gasteiger partial charge in [-0.25, -0.2) is 9.97 Å². The van der Waals surface area contributed by atoms with Crippen LogP contribution in [0.4, 0.5) is 26.8 Å². The molecule has 0 unspecified atom stereocenters. The molecule has 0 amide bonds. The molecule has 0 aliphatic heterocycles. The van der Waals surface area contributed by atoms with Gasteiger partial charge in [0.25, 0.3) is 0 Å². The van der Waals surface area contributed by atoms with Gasteiger partial charge in [-0.05, 0) is 39.8 Å². The van der Waals surface area contributed by atoms with Crippen LogP contribution in [0.1, 0.15) is 27.7 Å². The van der Waals surface area contributed by atoms with Gasteiger partial charge in [-0.15, -0.1) is 10.2 Å². The Balaban J connectivity index is 2.06. The molecule has 3 aromatic rings. The van der Waals surface area contributed by atoms with E-state index >= 15 is 0 Å². The van der Waals surface area contributed by atoms with Gasteiger partial charge in [0.1, 0.15) is 16.4 Å². The van der Waals surface area contributed by atoms with Crippen LogP contribution >= 0.6 is 22.7 Å². The van der Waals surface area contributed by atoms with Gasteiger partial charge in [-0.1, -0.05) is 40.9 Å². The van der Waals surface area contributed by atoms with Crippen LogP contribution in [0.5, 0.6) is 0 Å². The highest BCUT2D eigenvalue weighted by molar-refractivity contribution is 7.22. The van der Waals surface area contributed by atoms with Crippen molar-refractivity contribution < 1.29 is 0 Å². The van der Waals surface area contributed by atoms with Crippen LogP contribution in [0, 0.1) is 0 Å². The predicted octanol–water partition coefficient (Wildman–Crippen LogP) is 5.96. The van der Waals surface area contributed by atoms with E-state index in [2.05, 4.69) is 52.7 Å². The van der Waals surface area contributed by atoms with Crippen molar-refractivity contribution in [2.24, 2.45) is 10.2 Å². The van der Waals surface area contributed by atoms with Gasteiger partial charge >= 0.3 is 0 Å². The quantitative estimate of drug-likeness (QED) is 0.425. The lowest BCUT2D eigenvalue weighted by atomic mass is 10.3. The minimum atomic E-state index is 0.490. The molecule has 0 bridgehead atoms. The zero-order chi connectivity index (χ0) is 20.8. The molecule has 0 spiro atoms. The van der Waals surface area contributed by atoms with E-state index in [-0.39, 0.29) is 0 Å². The van der Waals surface area contributed by atoms with E-state index in [9.17, 15) is 0 Å². The van der Waals surface area contributed by atoms with Crippen LogP contribution in [-0.4, -0.2) is 36.1 Å². The van der Waals surface area contributed by atoms with Crippen LogP contribution < -0.4 is 15.5 Å². The third-order valence-corrected chi connectivity index (χ3v) is 6.67. The fraction of sp³-hybridized carbons (Fsp3) is 0.400. The van der Waals surface area contributed by atoms with E-state index in [1.54, 1.807) is 11.3 Å². The van der Waals surface area contributed by atoms with Crippen molar-refractivity contribution in [3.8, 4) is 10.6 Å². The number of nitrogens with two attached hydrogens (primary N) is 1. The highest BCUT2D eigenvalue weighted by Gasteiger charge is 2.22. The van der Waals surface area contributed by atoms with Gasteiger partial charge in [-0.3, -0.25) is 0 Å². The molecule has 1 aromatic carbocycles. The molecule has 154 valence electrons. The van der Waals surface area contributed by atoms with Gasteiger partial charge in [-0.2, -0.15) is 0 Å². The molecule has 0 radical (unpaired) electrons. The first-order valence-electron chi connectivity index (χ1n) is 9.85. The molecule has 3 rings (SSSR count). The second-order valence-corrected chi connectivity index (χ2v) is 8.17. The second-order valence-electron chi connectivity index (χ2n) is 6.24. The molecule has 2 N–H and O–H groups in total. The molecule has 2 aromatic heterocycles. The predicted molar refractivity (Wildman–Crippen MR) is 125 cm³/mol. The van der Waals surface area contributed by atoms with Gasteiger partial charge in [0.2, 0.25) is 0 Å². The van der Waals surface area contributed by atoms with Crippen LogP contribution in [0.15, 0.2) is 40.6 Å². The molecule has 0 atom stereocenters. The summed E-state index contributed by atoms with van der Waals surface area (Å²) in [5.74, 6) is 0.490. The highest BCUT2D eigenvalue weighted by Crippen LogP contribution is 2.45. The minimum Gasteiger partial charge on any atom is -0.382 e. The van der Waals surface area contributed by atoms with E-state index in [0.717, 1.165) is 57.7 Å². The SMILES string of the molecule is CCN(CC)c1nc(-c2sc(N(CC)CC)nc2N)c(N=Nc2ccccc2)s1. The summed E-state index contributed by atoms with van der Waals surface area (Å²) in [5, 5.41) is 11.5. The van der Waals surface area contributed by atoms with Crippen LogP contribution in [0.3, 0.4) is 0 Å². The molecule has 0 saturated carbocycles. The Bertz CT molecular complexity index is 941. The van der Waals surface area contributed by atoms with Crippen LogP contribution in [0.25, 0.3) is 10.6 Å². The zero-order valence-corrected chi connectivity index (χ0v) is 18.9. The summed E-state index contributed by atoms with van der Waals surface area (Å²) in [5.41, 5.74) is 7.86. The summed E-state index contributed by atoms with van der Waals surface area (Å²) in [6.07, 6.45) is 0. The minimum absolute atomic E-state index is 0.490. The number of anilines is 3. The summed E-state index contributed by atoms with van der Waals surface area (Å²) in [7, 11) is 0. The first-order chi connectivity index (χ1) is 14.1. The maximum atomic E-state index is 6.30. The third kappa shape index (κ3) is 4.73. The lowest BCUT2D eigenvalue weighted by Crippen LogP contribution is -2.21. The van der Waals surface area contributed by atoms with E-state index < -0.39 is 0 Å². The number of rotatable bonds is 9. The molecule has 29 heavy (non-hydrogen) atoms. The average molecular weight is 430 g/mol. The summed E-state index contributed by atoms with van der Waals surface area (Å²) < 4.78 is 0. The van der Waals surface area contributed by atoms with Gasteiger partial charge in [0, 0.05) is 26.2 Å². The van der Waals surface area contributed by atoms with Crippen molar-refractivity contribution in [1.29, 1.82) is 0 Å². The molecular formula is C20H27N7S2. The summed E-state index contributed by atoms with van der Waals surface area (Å²) in [6.45, 7) is 12.0. The van der Waals surface area contributed by atoms with E-state index in [1.165, 1.54) is 11.3 Å². The van der Waals surface area contributed by atoms with Crippen molar-refractivity contribution in [3.63, 3.8) is 0 Å². The molecule has 0 aliphatic carbocycles. The third-order valence-electron chi connectivity index (χ3n) is 4.54. The van der Waals surface area contributed by atoms with E-state index in [1.807, 2.05) is 30.3 Å². The summed E-state index contributed by atoms with van der Waals surface area (Å²) >= 11 is 3.09. The first kappa shape index (κ1) is 21.2. The molecule has 0 fully saturated rings. The van der Waals surface area contributed by atoms with Crippen molar-refractivity contribution in [2.75, 3.05) is 41.7 Å². The molecule has 7 nitrogen and oxygen atoms in total. The number of benzene rings is 1. The van der Waals surface area contributed by atoms with Gasteiger partial charge in [0.15, 0.2) is 15.3 Å². The highest BCUT2D eigenvalue weighted by atomic mass is 32.1. The Kier molecular flexibility index (Phi) is 7.16. The Hall–Kier alpha value is -2.52. The smallest absolute Gasteiger partial charge is 0.188 e. The fourth-order valence-electron chi connectivity index (χ4n) is 2.86. The normalized spacial score (nSPS) is 11.3. The number of thiazole rings is 2. The monoisotopic (exact) mass is 429 g/mol. The largest absolute Gasteiger partial charge is 0.382 e. The molecular weight excluding hydrogens is 402 g/mol. The lowest BCUT2D eigenvalue weighted by molar-refractivity contribution is 0.860. The molecule has 0 aliphatic rings. The summed E-state index contributed by atoms with van der Waals surface area (Å²) in [4.78, 5) is 14.7. The lowest BCUT2D eigenvalue weighted by Gasteiger charge is -2.16. The average Bonchev–Trinajstić information content (AvgIpc) is 3.32. The maximum Gasteiger partial charge on any atom is 0.188 e. The molecule has 0 saturated heterocycles. The van der Waals surface area contributed by atoms with Crippen molar-refractivity contribution in [1.82, 2.24) is 9.97 Å². The Morgan fingerprint density at radius 3 is 2.00 bits per heavy atom. The Morgan fingerprint density at radius 2 is 1.41 bits per heavy atom. The fourth-order valence-corrected chi connectivity index (χ4v) is 5.05. The Morgan fingerprint density at radius 1 is 0.828 bits per heavy atom. The second kappa shape index (κ2) is 9.80. The number of azo groups is 1. The van der Waals surface area contributed by atoms with Crippen molar-refractivity contribution in [2.45, 2.75) is 27.7 Å². The van der Waals surface area contributed by atoms with Crippen molar-refractivity contribution in [3.05, 3.63) is 30.3 Å². The van der Waals surface area contributed by atoms with Crippen molar-refractivity contribution >= 4 is 49.4 Å². The topological polar surface area (TPSA) is 83.0 Å². The number of nitrogens with zero attached hydrogens (tertiary/aromatic N) is 6. The molecule has 2 heterocycles. The Labute approximate surface area is 179 Å². The summed E-state index contributed by atoms with van der Waals surface area (Å²) in [6, 6.07) is 9.70. The maximum absolute atomic E-state index is 6.30. The zero-order valence-electron chi connectivity index (χ0n) is 17.3. The van der Waals surface area contributed by atoms with E-state index in [0.29, 0.717) is 5.82 Å².